The molecule has 0 saturated heterocycles. The number of benzene rings is 2. The topological polar surface area (TPSA) is 76.8 Å². The number of halogens is 1. The van der Waals surface area contributed by atoms with Gasteiger partial charge in [-0.25, -0.2) is 4.68 Å². The van der Waals surface area contributed by atoms with Gasteiger partial charge in [-0.1, -0.05) is 52.4 Å². The third-order valence-electron chi connectivity index (χ3n) is 4.06. The van der Waals surface area contributed by atoms with Crippen molar-refractivity contribution in [3.05, 3.63) is 64.1 Å². The third kappa shape index (κ3) is 3.41. The van der Waals surface area contributed by atoms with Crippen LogP contribution in [0.1, 0.15) is 22.3 Å². The van der Waals surface area contributed by atoms with Crippen molar-refractivity contribution in [2.24, 2.45) is 0 Å². The van der Waals surface area contributed by atoms with E-state index in [1.807, 2.05) is 31.2 Å². The highest BCUT2D eigenvalue weighted by Gasteiger charge is 2.22. The van der Waals surface area contributed by atoms with Crippen molar-refractivity contribution in [3.63, 3.8) is 0 Å². The summed E-state index contributed by atoms with van der Waals surface area (Å²) in [4.78, 5) is 14.4. The summed E-state index contributed by atoms with van der Waals surface area (Å²) in [5.74, 6) is -0.197. The lowest BCUT2D eigenvalue weighted by molar-refractivity contribution is 0.0988. The number of aromatic nitrogens is 5. The van der Waals surface area contributed by atoms with Crippen molar-refractivity contribution < 1.29 is 4.79 Å². The van der Waals surface area contributed by atoms with E-state index in [1.165, 1.54) is 11.3 Å². The van der Waals surface area contributed by atoms with Crippen LogP contribution in [0.2, 0.25) is 5.02 Å². The number of anilines is 1. The number of carbonyl (C=O) groups excluding carboxylic acids is 1. The van der Waals surface area contributed by atoms with Crippen molar-refractivity contribution in [2.45, 2.75) is 13.5 Å². The Bertz CT molecular complexity index is 1110. The predicted molar refractivity (Wildman–Crippen MR) is 105 cm³/mol. The average molecular weight is 399 g/mol. The van der Waals surface area contributed by atoms with Crippen LogP contribution in [-0.4, -0.2) is 37.6 Å². The van der Waals surface area contributed by atoms with Gasteiger partial charge >= 0.3 is 0 Å². The number of nitrogens with zero attached hydrogens (tertiary/aromatic N) is 6. The summed E-state index contributed by atoms with van der Waals surface area (Å²) >= 11 is 7.52. The van der Waals surface area contributed by atoms with Crippen LogP contribution in [0, 0.1) is 0 Å². The Labute approximate surface area is 164 Å². The highest BCUT2D eigenvalue weighted by Crippen LogP contribution is 2.25. The first-order chi connectivity index (χ1) is 13.2. The highest BCUT2D eigenvalue weighted by atomic mass is 35.5. The minimum absolute atomic E-state index is 0.197. The number of carbonyl (C=O) groups is 1. The van der Waals surface area contributed by atoms with E-state index in [0.717, 1.165) is 16.0 Å². The Kier molecular flexibility index (Phi) is 4.83. The van der Waals surface area contributed by atoms with Crippen molar-refractivity contribution in [1.82, 2.24) is 25.2 Å². The first-order valence-electron chi connectivity index (χ1n) is 8.34. The molecule has 0 saturated carbocycles. The van der Waals surface area contributed by atoms with Gasteiger partial charge in [-0.3, -0.25) is 9.69 Å². The molecule has 2 heterocycles. The molecule has 2 aromatic heterocycles. The zero-order chi connectivity index (χ0) is 18.8. The Morgan fingerprint density at radius 1 is 1.11 bits per heavy atom. The molecule has 2 aromatic carbocycles. The van der Waals surface area contributed by atoms with Crippen molar-refractivity contribution in [3.8, 4) is 0 Å². The minimum Gasteiger partial charge on any atom is -0.283 e. The van der Waals surface area contributed by atoms with Crippen LogP contribution in [0.5, 0.6) is 0 Å². The van der Waals surface area contributed by atoms with E-state index >= 15 is 0 Å². The number of fused-ring (bicyclic) bond motifs is 1. The Hall–Kier alpha value is -2.84. The zero-order valence-corrected chi connectivity index (χ0v) is 16.0. The van der Waals surface area contributed by atoms with Crippen LogP contribution in [0.25, 0.3) is 11.0 Å². The molecule has 0 aliphatic carbocycles. The van der Waals surface area contributed by atoms with Gasteiger partial charge in [0.25, 0.3) is 5.91 Å². The zero-order valence-electron chi connectivity index (χ0n) is 14.4. The number of amides is 1. The summed E-state index contributed by atoms with van der Waals surface area (Å²) in [5, 5.41) is 18.4. The predicted octanol–water partition coefficient (Wildman–Crippen LogP) is 3.65. The van der Waals surface area contributed by atoms with Gasteiger partial charge in [0.15, 0.2) is 0 Å². The third-order valence-corrected chi connectivity index (χ3v) is 5.32. The van der Waals surface area contributed by atoms with Gasteiger partial charge in [-0.05, 0) is 31.2 Å². The van der Waals surface area contributed by atoms with Gasteiger partial charge in [0, 0.05) is 6.54 Å². The van der Waals surface area contributed by atoms with Crippen molar-refractivity contribution in [2.75, 3.05) is 11.4 Å². The molecule has 4 rings (SSSR count). The number of para-hydroxylation sites is 1. The van der Waals surface area contributed by atoms with Crippen LogP contribution in [0.15, 0.2) is 48.5 Å². The van der Waals surface area contributed by atoms with Gasteiger partial charge in [0.1, 0.15) is 10.5 Å². The Balaban J connectivity index is 1.59. The molecular weight excluding hydrogens is 384 g/mol. The van der Waals surface area contributed by atoms with Gasteiger partial charge in [0.05, 0.1) is 22.6 Å². The van der Waals surface area contributed by atoms with Gasteiger partial charge in [-0.15, -0.1) is 15.3 Å². The fourth-order valence-corrected chi connectivity index (χ4v) is 3.83. The molecule has 0 radical (unpaired) electrons. The van der Waals surface area contributed by atoms with E-state index in [0.29, 0.717) is 28.8 Å². The molecule has 136 valence electrons. The average Bonchev–Trinajstić information content (AvgIpc) is 3.31. The second kappa shape index (κ2) is 7.42. The normalized spacial score (nSPS) is 11.0. The molecule has 9 heteroatoms. The van der Waals surface area contributed by atoms with E-state index in [2.05, 4.69) is 20.5 Å². The first kappa shape index (κ1) is 17.6. The van der Waals surface area contributed by atoms with Crippen LogP contribution in [0.4, 0.5) is 5.13 Å². The largest absolute Gasteiger partial charge is 0.283 e. The highest BCUT2D eigenvalue weighted by molar-refractivity contribution is 7.15. The summed E-state index contributed by atoms with van der Waals surface area (Å²) in [5.41, 5.74) is 2.19. The summed E-state index contributed by atoms with van der Waals surface area (Å²) in [7, 11) is 0. The van der Waals surface area contributed by atoms with Crippen LogP contribution < -0.4 is 4.90 Å². The number of hydrogen-bond donors (Lipinski definition) is 0. The minimum atomic E-state index is -0.197. The first-order valence-corrected chi connectivity index (χ1v) is 9.54. The second-order valence-corrected chi connectivity index (χ2v) is 7.19. The molecule has 0 unspecified atom stereocenters. The molecule has 7 nitrogen and oxygen atoms in total. The van der Waals surface area contributed by atoms with Crippen molar-refractivity contribution in [1.29, 1.82) is 0 Å². The maximum absolute atomic E-state index is 12.9. The summed E-state index contributed by atoms with van der Waals surface area (Å²) in [6, 6.07) is 14.7. The van der Waals surface area contributed by atoms with Gasteiger partial charge in [0.2, 0.25) is 5.13 Å². The fraction of sp³-hybridized carbons (Fsp3) is 0.167. The summed E-state index contributed by atoms with van der Waals surface area (Å²) in [6.45, 7) is 2.79. The molecule has 0 aliphatic heterocycles. The van der Waals surface area contributed by atoms with Gasteiger partial charge in [-0.2, -0.15) is 0 Å². The number of rotatable bonds is 5. The van der Waals surface area contributed by atoms with Crippen molar-refractivity contribution >= 4 is 45.0 Å². The van der Waals surface area contributed by atoms with Crippen LogP contribution in [-0.2, 0) is 6.54 Å². The maximum Gasteiger partial charge on any atom is 0.261 e. The standard InChI is InChI=1S/C18H15ClN6OS/c1-2-24(17(26)12-7-3-4-8-13(12)19)18-22-21-16(27-18)11-25-15-10-6-5-9-14(15)20-23-25/h3-10H,2,11H2,1H3. The molecule has 0 N–H and O–H groups in total. The monoisotopic (exact) mass is 398 g/mol. The molecule has 27 heavy (non-hydrogen) atoms. The second-order valence-electron chi connectivity index (χ2n) is 5.74. The molecule has 0 bridgehead atoms. The van der Waals surface area contributed by atoms with E-state index in [-0.39, 0.29) is 5.91 Å². The number of hydrogen-bond acceptors (Lipinski definition) is 6. The molecule has 0 atom stereocenters. The van der Waals surface area contributed by atoms with E-state index < -0.39 is 0 Å². The summed E-state index contributed by atoms with van der Waals surface area (Å²) in [6.07, 6.45) is 0. The van der Waals surface area contributed by atoms with E-state index in [9.17, 15) is 4.79 Å². The van der Waals surface area contributed by atoms with Gasteiger partial charge < -0.3 is 0 Å². The molecule has 0 fully saturated rings. The lowest BCUT2D eigenvalue weighted by Crippen LogP contribution is -2.30. The SMILES string of the molecule is CCN(C(=O)c1ccccc1Cl)c1nnc(Cn2nnc3ccccc32)s1. The molecular formula is C18H15ClN6OS. The lowest BCUT2D eigenvalue weighted by atomic mass is 10.2. The Morgan fingerprint density at radius 3 is 2.70 bits per heavy atom. The maximum atomic E-state index is 12.9. The van der Waals surface area contributed by atoms with Crippen LogP contribution >= 0.6 is 22.9 Å². The fourth-order valence-electron chi connectivity index (χ4n) is 2.73. The van der Waals surface area contributed by atoms with Crippen LogP contribution in [0.3, 0.4) is 0 Å². The lowest BCUT2D eigenvalue weighted by Gasteiger charge is -2.17. The van der Waals surface area contributed by atoms with E-state index in [4.69, 9.17) is 11.6 Å². The van der Waals surface area contributed by atoms with E-state index in [1.54, 1.807) is 33.8 Å². The molecule has 0 spiro atoms. The smallest absolute Gasteiger partial charge is 0.261 e. The molecule has 4 aromatic rings. The summed E-state index contributed by atoms with van der Waals surface area (Å²) < 4.78 is 1.77. The molecule has 0 aliphatic rings. The molecule has 1 amide bonds. The Morgan fingerprint density at radius 2 is 1.89 bits per heavy atom. The quantitative estimate of drug-likeness (QED) is 0.512.